The van der Waals surface area contributed by atoms with Gasteiger partial charge in [0.05, 0.1) is 11.3 Å². The van der Waals surface area contributed by atoms with E-state index in [-0.39, 0.29) is 11.6 Å². The van der Waals surface area contributed by atoms with Crippen LogP contribution in [0.4, 0.5) is 4.39 Å². The Balaban J connectivity index is 2.04. The number of hydrogen-bond donors (Lipinski definition) is 1. The van der Waals surface area contributed by atoms with Crippen LogP contribution in [0.25, 0.3) is 21.8 Å². The number of phenolic OH excluding ortho intramolecular Hbond substituents is 1. The van der Waals surface area contributed by atoms with E-state index in [0.717, 1.165) is 16.3 Å². The molecular formula is C15H9BrFNOS. The lowest BCUT2D eigenvalue weighted by Crippen LogP contribution is -1.83. The Bertz CT molecular complexity index is 772. The summed E-state index contributed by atoms with van der Waals surface area (Å²) in [5, 5.41) is 12.5. The third-order valence-electron chi connectivity index (χ3n) is 2.85. The van der Waals surface area contributed by atoms with Crippen LogP contribution in [0.2, 0.25) is 0 Å². The maximum atomic E-state index is 13.1. The number of hydrogen-bond acceptors (Lipinski definition) is 3. The van der Waals surface area contributed by atoms with E-state index in [2.05, 4.69) is 20.9 Å². The van der Waals surface area contributed by atoms with E-state index in [1.807, 2.05) is 17.5 Å². The van der Waals surface area contributed by atoms with Gasteiger partial charge in [-0.15, -0.1) is 11.3 Å². The highest BCUT2D eigenvalue weighted by molar-refractivity contribution is 9.10. The van der Waals surface area contributed by atoms with Crippen molar-refractivity contribution in [3.63, 3.8) is 0 Å². The molecule has 0 unspecified atom stereocenters. The van der Waals surface area contributed by atoms with Gasteiger partial charge in [-0.05, 0) is 46.3 Å². The van der Waals surface area contributed by atoms with Crippen LogP contribution < -0.4 is 0 Å². The van der Waals surface area contributed by atoms with Crippen molar-refractivity contribution in [2.24, 2.45) is 0 Å². The molecule has 0 bridgehead atoms. The fourth-order valence-electron chi connectivity index (χ4n) is 1.87. The molecule has 3 rings (SSSR count). The second-order valence-electron chi connectivity index (χ2n) is 4.18. The molecule has 0 aliphatic carbocycles. The molecule has 2 aromatic carbocycles. The first-order valence-corrected chi connectivity index (χ1v) is 7.52. The first kappa shape index (κ1) is 13.3. The SMILES string of the molecule is Oc1ccccc1-c1nc(-c2ccc(F)cc2Br)cs1. The smallest absolute Gasteiger partial charge is 0.127 e. The number of benzene rings is 2. The quantitative estimate of drug-likeness (QED) is 0.699. The summed E-state index contributed by atoms with van der Waals surface area (Å²) in [6, 6.07) is 11.6. The largest absolute Gasteiger partial charge is 0.507 e. The number of halogens is 2. The van der Waals surface area contributed by atoms with Gasteiger partial charge >= 0.3 is 0 Å². The number of aromatic nitrogens is 1. The maximum absolute atomic E-state index is 13.1. The van der Waals surface area contributed by atoms with Gasteiger partial charge in [0.15, 0.2) is 0 Å². The highest BCUT2D eigenvalue weighted by atomic mass is 79.9. The van der Waals surface area contributed by atoms with Crippen LogP contribution in [0.15, 0.2) is 52.3 Å². The Labute approximate surface area is 127 Å². The zero-order valence-electron chi connectivity index (χ0n) is 10.2. The average molecular weight is 350 g/mol. The van der Waals surface area contributed by atoms with Crippen molar-refractivity contribution >= 4 is 27.3 Å². The van der Waals surface area contributed by atoms with Gasteiger partial charge < -0.3 is 5.11 Å². The van der Waals surface area contributed by atoms with E-state index in [0.29, 0.717) is 10.0 Å². The number of nitrogens with zero attached hydrogens (tertiary/aromatic N) is 1. The number of thiazole rings is 1. The number of rotatable bonds is 2. The summed E-state index contributed by atoms with van der Waals surface area (Å²) in [5.41, 5.74) is 2.27. The Kier molecular flexibility index (Phi) is 3.54. The molecular weight excluding hydrogens is 341 g/mol. The topological polar surface area (TPSA) is 33.1 Å². The van der Waals surface area contributed by atoms with Crippen LogP contribution in [-0.4, -0.2) is 10.1 Å². The van der Waals surface area contributed by atoms with Gasteiger partial charge in [-0.3, -0.25) is 0 Å². The molecule has 1 heterocycles. The Morgan fingerprint density at radius 3 is 2.65 bits per heavy atom. The summed E-state index contributed by atoms with van der Waals surface area (Å²) >= 11 is 4.78. The minimum Gasteiger partial charge on any atom is -0.507 e. The fraction of sp³-hybridized carbons (Fsp3) is 0. The summed E-state index contributed by atoms with van der Waals surface area (Å²) in [7, 11) is 0. The van der Waals surface area contributed by atoms with E-state index < -0.39 is 0 Å². The molecule has 0 saturated carbocycles. The van der Waals surface area contributed by atoms with Crippen molar-refractivity contribution in [2.75, 3.05) is 0 Å². The van der Waals surface area contributed by atoms with Crippen LogP contribution >= 0.6 is 27.3 Å². The molecule has 1 N–H and O–H groups in total. The van der Waals surface area contributed by atoms with Crippen molar-refractivity contribution in [1.29, 1.82) is 0 Å². The first-order chi connectivity index (χ1) is 9.65. The number of aromatic hydroxyl groups is 1. The summed E-state index contributed by atoms with van der Waals surface area (Å²) in [6.07, 6.45) is 0. The summed E-state index contributed by atoms with van der Waals surface area (Å²) in [5.74, 6) is -0.0941. The van der Waals surface area contributed by atoms with E-state index in [1.165, 1.54) is 23.5 Å². The van der Waals surface area contributed by atoms with Gasteiger partial charge in [0.2, 0.25) is 0 Å². The van der Waals surface area contributed by atoms with E-state index in [4.69, 9.17) is 0 Å². The van der Waals surface area contributed by atoms with Gasteiger partial charge in [0.1, 0.15) is 16.6 Å². The number of phenols is 1. The minimum absolute atomic E-state index is 0.201. The Hall–Kier alpha value is -1.72. The van der Waals surface area contributed by atoms with Gasteiger partial charge in [0.25, 0.3) is 0 Å². The van der Waals surface area contributed by atoms with Crippen LogP contribution in [-0.2, 0) is 0 Å². The van der Waals surface area contributed by atoms with Crippen LogP contribution in [0.5, 0.6) is 5.75 Å². The molecule has 0 aliphatic rings. The standard InChI is InChI=1S/C15H9BrFNOS/c16-12-7-9(17)5-6-10(12)13-8-20-15(18-13)11-3-1-2-4-14(11)19/h1-8,19H. The predicted molar refractivity (Wildman–Crippen MR) is 82.3 cm³/mol. The van der Waals surface area contributed by atoms with Crippen LogP contribution in [0.3, 0.4) is 0 Å². The lowest BCUT2D eigenvalue weighted by molar-refractivity contribution is 0.477. The van der Waals surface area contributed by atoms with E-state index in [1.54, 1.807) is 18.2 Å². The average Bonchev–Trinajstić information content (AvgIpc) is 2.88. The van der Waals surface area contributed by atoms with Crippen LogP contribution in [0, 0.1) is 5.82 Å². The normalized spacial score (nSPS) is 10.7. The minimum atomic E-state index is -0.295. The lowest BCUT2D eigenvalue weighted by Gasteiger charge is -2.01. The van der Waals surface area contributed by atoms with E-state index in [9.17, 15) is 9.50 Å². The molecule has 0 aliphatic heterocycles. The van der Waals surface area contributed by atoms with Crippen molar-refractivity contribution in [3.8, 4) is 27.6 Å². The van der Waals surface area contributed by atoms with Crippen molar-refractivity contribution in [3.05, 3.63) is 58.1 Å². The predicted octanol–water partition coefficient (Wildman–Crippen LogP) is 5.08. The van der Waals surface area contributed by atoms with Crippen LogP contribution in [0.1, 0.15) is 0 Å². The van der Waals surface area contributed by atoms with Gasteiger partial charge in [-0.1, -0.05) is 12.1 Å². The first-order valence-electron chi connectivity index (χ1n) is 5.84. The van der Waals surface area contributed by atoms with Gasteiger partial charge in [-0.25, -0.2) is 9.37 Å². The van der Waals surface area contributed by atoms with Crippen molar-refractivity contribution in [1.82, 2.24) is 4.98 Å². The highest BCUT2D eigenvalue weighted by Gasteiger charge is 2.12. The molecule has 1 aromatic heterocycles. The monoisotopic (exact) mass is 349 g/mol. The summed E-state index contributed by atoms with van der Waals surface area (Å²) in [4.78, 5) is 4.51. The molecule has 5 heteroatoms. The number of para-hydroxylation sites is 1. The van der Waals surface area contributed by atoms with Gasteiger partial charge in [0, 0.05) is 15.4 Å². The zero-order chi connectivity index (χ0) is 14.1. The summed E-state index contributed by atoms with van der Waals surface area (Å²) < 4.78 is 13.8. The molecule has 20 heavy (non-hydrogen) atoms. The Morgan fingerprint density at radius 1 is 1.10 bits per heavy atom. The van der Waals surface area contributed by atoms with Gasteiger partial charge in [-0.2, -0.15) is 0 Å². The molecule has 3 aromatic rings. The lowest BCUT2D eigenvalue weighted by atomic mass is 10.1. The van der Waals surface area contributed by atoms with E-state index >= 15 is 0 Å². The molecule has 0 saturated heterocycles. The molecule has 100 valence electrons. The molecule has 0 fully saturated rings. The molecule has 0 radical (unpaired) electrons. The summed E-state index contributed by atoms with van der Waals surface area (Å²) in [6.45, 7) is 0. The second-order valence-corrected chi connectivity index (χ2v) is 5.89. The third-order valence-corrected chi connectivity index (χ3v) is 4.38. The molecule has 2 nitrogen and oxygen atoms in total. The highest BCUT2D eigenvalue weighted by Crippen LogP contribution is 2.35. The second kappa shape index (κ2) is 5.34. The Morgan fingerprint density at radius 2 is 1.90 bits per heavy atom. The zero-order valence-corrected chi connectivity index (χ0v) is 12.6. The third kappa shape index (κ3) is 2.46. The van der Waals surface area contributed by atoms with Crippen molar-refractivity contribution < 1.29 is 9.50 Å². The molecule has 0 amide bonds. The fourth-order valence-corrected chi connectivity index (χ4v) is 3.28. The maximum Gasteiger partial charge on any atom is 0.127 e. The molecule has 0 spiro atoms. The van der Waals surface area contributed by atoms with Crippen molar-refractivity contribution in [2.45, 2.75) is 0 Å². The molecule has 0 atom stereocenters.